The SMILES string of the molecule is Cc1c(NC(=O)c2ccc([N+](=O)[O-])o2)cc(C(N)=O)c(C)c1C(N)=O. The van der Waals surface area contributed by atoms with E-state index in [1.54, 1.807) is 0 Å². The highest BCUT2D eigenvalue weighted by Crippen LogP contribution is 2.27. The molecule has 1 aromatic carbocycles. The molecule has 5 N–H and O–H groups in total. The number of nitrogens with one attached hydrogen (secondary N) is 1. The lowest BCUT2D eigenvalue weighted by Crippen LogP contribution is -2.22. The van der Waals surface area contributed by atoms with Crippen LogP contribution in [0.1, 0.15) is 42.4 Å². The van der Waals surface area contributed by atoms with E-state index in [-0.39, 0.29) is 22.6 Å². The number of hydrogen-bond acceptors (Lipinski definition) is 6. The lowest BCUT2D eigenvalue weighted by Gasteiger charge is -2.15. The van der Waals surface area contributed by atoms with Crippen molar-refractivity contribution in [1.29, 1.82) is 0 Å². The van der Waals surface area contributed by atoms with Gasteiger partial charge in [-0.15, -0.1) is 0 Å². The summed E-state index contributed by atoms with van der Waals surface area (Å²) in [7, 11) is 0. The summed E-state index contributed by atoms with van der Waals surface area (Å²) in [6.07, 6.45) is 0. The van der Waals surface area contributed by atoms with Crippen molar-refractivity contribution in [2.24, 2.45) is 11.5 Å². The second-order valence-corrected chi connectivity index (χ2v) is 5.17. The van der Waals surface area contributed by atoms with Crippen LogP contribution in [0.15, 0.2) is 22.6 Å². The Kier molecular flexibility index (Phi) is 4.54. The first kappa shape index (κ1) is 17.7. The monoisotopic (exact) mass is 346 g/mol. The molecule has 0 saturated heterocycles. The minimum absolute atomic E-state index is 0.0140. The molecule has 25 heavy (non-hydrogen) atoms. The molecule has 0 spiro atoms. The van der Waals surface area contributed by atoms with Crippen LogP contribution in [0, 0.1) is 24.0 Å². The van der Waals surface area contributed by atoms with E-state index in [1.165, 1.54) is 19.9 Å². The van der Waals surface area contributed by atoms with Gasteiger partial charge in [-0.05, 0) is 37.1 Å². The molecule has 2 rings (SSSR count). The fourth-order valence-electron chi connectivity index (χ4n) is 2.40. The van der Waals surface area contributed by atoms with Gasteiger partial charge in [0, 0.05) is 16.8 Å². The lowest BCUT2D eigenvalue weighted by molar-refractivity contribution is -0.402. The van der Waals surface area contributed by atoms with Crippen molar-refractivity contribution < 1.29 is 23.7 Å². The Morgan fingerprint density at radius 1 is 1.12 bits per heavy atom. The number of amides is 3. The van der Waals surface area contributed by atoms with Crippen LogP contribution in [0.3, 0.4) is 0 Å². The highest BCUT2D eigenvalue weighted by molar-refractivity contribution is 6.07. The third-order valence-corrected chi connectivity index (χ3v) is 3.60. The molecule has 0 saturated carbocycles. The second kappa shape index (κ2) is 6.43. The number of carbonyl (C=O) groups excluding carboxylic acids is 3. The summed E-state index contributed by atoms with van der Waals surface area (Å²) in [4.78, 5) is 45.2. The fraction of sp³-hybridized carbons (Fsp3) is 0.133. The van der Waals surface area contributed by atoms with Crippen LogP contribution in [0.25, 0.3) is 0 Å². The first-order valence-corrected chi connectivity index (χ1v) is 6.92. The summed E-state index contributed by atoms with van der Waals surface area (Å²) in [6.45, 7) is 3.03. The Labute approximate surface area is 140 Å². The number of nitro groups is 1. The number of primary amides is 2. The predicted molar refractivity (Wildman–Crippen MR) is 86.3 cm³/mol. The Morgan fingerprint density at radius 3 is 2.24 bits per heavy atom. The molecule has 10 nitrogen and oxygen atoms in total. The summed E-state index contributed by atoms with van der Waals surface area (Å²) < 4.78 is 4.80. The Bertz CT molecular complexity index is 915. The lowest BCUT2D eigenvalue weighted by atomic mass is 9.95. The average molecular weight is 346 g/mol. The molecule has 0 bridgehead atoms. The summed E-state index contributed by atoms with van der Waals surface area (Å²) in [5.74, 6) is -3.30. The molecule has 0 aliphatic rings. The van der Waals surface area contributed by atoms with E-state index in [9.17, 15) is 24.5 Å². The smallest absolute Gasteiger partial charge is 0.395 e. The maximum Gasteiger partial charge on any atom is 0.433 e. The number of nitrogens with zero attached hydrogens (tertiary/aromatic N) is 1. The van der Waals surface area contributed by atoms with Crippen LogP contribution >= 0.6 is 0 Å². The second-order valence-electron chi connectivity index (χ2n) is 5.17. The first-order chi connectivity index (χ1) is 11.6. The van der Waals surface area contributed by atoms with Crippen molar-refractivity contribution in [2.45, 2.75) is 13.8 Å². The van der Waals surface area contributed by atoms with Crippen LogP contribution in [-0.4, -0.2) is 22.6 Å². The molecule has 10 heteroatoms. The first-order valence-electron chi connectivity index (χ1n) is 6.92. The molecule has 2 aromatic rings. The number of hydrogen-bond donors (Lipinski definition) is 3. The topological polar surface area (TPSA) is 172 Å². The third kappa shape index (κ3) is 3.32. The number of carbonyl (C=O) groups is 3. The van der Waals surface area contributed by atoms with Crippen LogP contribution in [-0.2, 0) is 0 Å². The molecule has 0 unspecified atom stereocenters. The molecule has 1 aromatic heterocycles. The molecule has 3 amide bonds. The van der Waals surface area contributed by atoms with E-state index in [4.69, 9.17) is 15.9 Å². The van der Waals surface area contributed by atoms with Crippen LogP contribution in [0.4, 0.5) is 11.6 Å². The molecular formula is C15H14N4O6. The Balaban J connectivity index is 2.47. The van der Waals surface area contributed by atoms with Crippen LogP contribution in [0.5, 0.6) is 0 Å². The third-order valence-electron chi connectivity index (χ3n) is 3.60. The maximum atomic E-state index is 12.2. The summed E-state index contributed by atoms with van der Waals surface area (Å²) in [6, 6.07) is 3.45. The molecule has 1 heterocycles. The number of rotatable bonds is 5. The zero-order valence-corrected chi connectivity index (χ0v) is 13.3. The number of furan rings is 1. The zero-order chi connectivity index (χ0) is 18.9. The fourth-order valence-corrected chi connectivity index (χ4v) is 2.40. The van der Waals surface area contributed by atoms with E-state index in [0.717, 1.165) is 12.1 Å². The van der Waals surface area contributed by atoms with Crippen LogP contribution in [0.2, 0.25) is 0 Å². The summed E-state index contributed by atoms with van der Waals surface area (Å²) >= 11 is 0. The molecule has 0 aliphatic carbocycles. The van der Waals surface area contributed by atoms with Crippen molar-refractivity contribution in [2.75, 3.05) is 5.32 Å². The molecule has 0 fully saturated rings. The van der Waals surface area contributed by atoms with Crippen molar-refractivity contribution in [3.8, 4) is 0 Å². The number of benzene rings is 1. The summed E-state index contributed by atoms with van der Waals surface area (Å²) in [5, 5.41) is 13.0. The Hall–Kier alpha value is -3.69. The van der Waals surface area contributed by atoms with E-state index in [1.807, 2.05) is 0 Å². The van der Waals surface area contributed by atoms with Crippen LogP contribution < -0.4 is 16.8 Å². The van der Waals surface area contributed by atoms with Gasteiger partial charge < -0.3 is 21.2 Å². The molecule has 0 aliphatic heterocycles. The van der Waals surface area contributed by atoms with Gasteiger partial charge in [-0.1, -0.05) is 0 Å². The van der Waals surface area contributed by atoms with Crippen molar-refractivity contribution in [1.82, 2.24) is 0 Å². The zero-order valence-electron chi connectivity index (χ0n) is 13.3. The van der Waals surface area contributed by atoms with Gasteiger partial charge in [0.2, 0.25) is 11.8 Å². The van der Waals surface area contributed by atoms with Crippen molar-refractivity contribution >= 4 is 29.3 Å². The summed E-state index contributed by atoms with van der Waals surface area (Å²) in [5.41, 5.74) is 11.4. The van der Waals surface area contributed by atoms with Gasteiger partial charge in [-0.2, -0.15) is 0 Å². The normalized spacial score (nSPS) is 10.3. The molecular weight excluding hydrogens is 332 g/mol. The van der Waals surface area contributed by atoms with Gasteiger partial charge >= 0.3 is 5.88 Å². The van der Waals surface area contributed by atoms with Gasteiger partial charge in [0.1, 0.15) is 4.92 Å². The Morgan fingerprint density at radius 2 is 1.76 bits per heavy atom. The van der Waals surface area contributed by atoms with Gasteiger partial charge in [0.25, 0.3) is 5.91 Å². The largest absolute Gasteiger partial charge is 0.433 e. The van der Waals surface area contributed by atoms with E-state index < -0.39 is 28.5 Å². The highest BCUT2D eigenvalue weighted by Gasteiger charge is 2.22. The number of nitrogens with two attached hydrogens (primary N) is 2. The average Bonchev–Trinajstić information content (AvgIpc) is 2.99. The predicted octanol–water partition coefficient (Wildman–Crippen LogP) is 1.25. The standard InChI is InChI=1S/C15H14N4O6/c1-6-8(13(16)20)5-9(7(2)12(6)14(17)21)18-15(22)10-3-4-11(25-10)19(23)24/h3-5H,1-2H3,(H2,16,20)(H2,17,21)(H,18,22). The minimum atomic E-state index is -0.802. The maximum absolute atomic E-state index is 12.2. The van der Waals surface area contributed by atoms with E-state index in [2.05, 4.69) is 5.32 Å². The molecule has 0 radical (unpaired) electrons. The quantitative estimate of drug-likeness (QED) is 0.543. The highest BCUT2D eigenvalue weighted by atomic mass is 16.6. The molecule has 0 atom stereocenters. The van der Waals surface area contributed by atoms with Crippen molar-refractivity contribution in [3.63, 3.8) is 0 Å². The van der Waals surface area contributed by atoms with E-state index in [0.29, 0.717) is 11.1 Å². The van der Waals surface area contributed by atoms with Gasteiger partial charge in [0.15, 0.2) is 5.76 Å². The van der Waals surface area contributed by atoms with Gasteiger partial charge in [-0.3, -0.25) is 24.5 Å². The van der Waals surface area contributed by atoms with Crippen molar-refractivity contribution in [3.05, 3.63) is 56.3 Å². The number of anilines is 1. The minimum Gasteiger partial charge on any atom is -0.395 e. The van der Waals surface area contributed by atoms with E-state index >= 15 is 0 Å². The van der Waals surface area contributed by atoms with Gasteiger partial charge in [-0.25, -0.2) is 0 Å². The molecule has 130 valence electrons. The van der Waals surface area contributed by atoms with Gasteiger partial charge in [0.05, 0.1) is 6.07 Å².